The number of rotatable bonds is 3. The number of guanidine groups is 1. The summed E-state index contributed by atoms with van der Waals surface area (Å²) in [6.07, 6.45) is -3.42. The second-order valence-electron chi connectivity index (χ2n) is 6.19. The quantitative estimate of drug-likeness (QED) is 0.394. The number of ether oxygens (including phenoxy) is 1. The van der Waals surface area contributed by atoms with E-state index in [2.05, 4.69) is 20.3 Å². The molecule has 3 aliphatic rings. The van der Waals surface area contributed by atoms with Gasteiger partial charge in [0.25, 0.3) is 11.8 Å². The van der Waals surface area contributed by atoms with Crippen LogP contribution in [0.1, 0.15) is 13.8 Å². The Morgan fingerprint density at radius 1 is 1.42 bits per heavy atom. The Labute approximate surface area is 148 Å². The maximum absolute atomic E-state index is 12.1. The van der Waals surface area contributed by atoms with Gasteiger partial charge in [0.15, 0.2) is 18.1 Å². The lowest BCUT2D eigenvalue weighted by molar-refractivity contribution is -0.120. The molecule has 0 aromatic heterocycles. The van der Waals surface area contributed by atoms with Gasteiger partial charge in [0.05, 0.1) is 12.9 Å². The minimum Gasteiger partial charge on any atom is -0.412 e. The van der Waals surface area contributed by atoms with Crippen molar-refractivity contribution in [3.63, 3.8) is 0 Å². The van der Waals surface area contributed by atoms with Crippen LogP contribution in [0.3, 0.4) is 0 Å². The molecule has 1 unspecified atom stereocenters. The topological polar surface area (TPSA) is 188 Å². The van der Waals surface area contributed by atoms with E-state index >= 15 is 0 Å². The molecular formula is C14H21N5O7. The molecule has 0 aromatic rings. The summed E-state index contributed by atoms with van der Waals surface area (Å²) in [6.45, 7) is 2.85. The second-order valence-corrected chi connectivity index (χ2v) is 6.19. The molecule has 3 rings (SSSR count). The summed E-state index contributed by atoms with van der Waals surface area (Å²) in [5.41, 5.74) is 0. The van der Waals surface area contributed by atoms with Gasteiger partial charge in [-0.25, -0.2) is 0 Å². The molecule has 3 heterocycles. The Morgan fingerprint density at radius 2 is 2.12 bits per heavy atom. The molecule has 0 saturated carbocycles. The highest BCUT2D eigenvalue weighted by molar-refractivity contribution is 6.24. The van der Waals surface area contributed by atoms with Crippen LogP contribution in [0, 0.1) is 5.92 Å². The lowest BCUT2D eigenvalue weighted by atomic mass is 10.1. The second kappa shape index (κ2) is 7.55. The summed E-state index contributed by atoms with van der Waals surface area (Å²) in [5, 5.41) is 31.6. The predicted molar refractivity (Wildman–Crippen MR) is 88.4 cm³/mol. The molecule has 2 amide bonds. The number of hydrogen-bond acceptors (Lipinski definition) is 8. The number of fused-ring (bicyclic) bond motifs is 1. The SMILES string of the molecule is CC(C)C(=O)N=C1N=C2C(N=CN2[C@@H]2O[C@H](CO)[C@@H](O)[C@H]2O)C(=O)N1.O. The van der Waals surface area contributed by atoms with Gasteiger partial charge in [-0.3, -0.25) is 24.8 Å². The van der Waals surface area contributed by atoms with E-state index < -0.39 is 49.0 Å². The van der Waals surface area contributed by atoms with Crippen LogP contribution in [-0.4, -0.2) is 92.8 Å². The third-order valence-corrected chi connectivity index (χ3v) is 4.05. The van der Waals surface area contributed by atoms with Crippen LogP contribution in [0.15, 0.2) is 15.0 Å². The van der Waals surface area contributed by atoms with Crippen molar-refractivity contribution in [2.75, 3.05) is 6.61 Å². The maximum atomic E-state index is 12.1. The van der Waals surface area contributed by atoms with Crippen molar-refractivity contribution in [1.29, 1.82) is 0 Å². The number of nitrogens with zero attached hydrogens (tertiary/aromatic N) is 4. The Bertz CT molecular complexity index is 677. The summed E-state index contributed by atoms with van der Waals surface area (Å²) in [5.74, 6) is -1.38. The molecule has 0 aromatic carbocycles. The minimum atomic E-state index is -1.34. The zero-order valence-electron chi connectivity index (χ0n) is 14.1. The van der Waals surface area contributed by atoms with Gasteiger partial charge in [-0.15, -0.1) is 0 Å². The maximum Gasteiger partial charge on any atom is 0.259 e. The van der Waals surface area contributed by atoms with Crippen LogP contribution in [-0.2, 0) is 14.3 Å². The van der Waals surface area contributed by atoms with Crippen molar-refractivity contribution < 1.29 is 35.1 Å². The number of amidine groups is 1. The zero-order chi connectivity index (χ0) is 18.3. The van der Waals surface area contributed by atoms with Crippen molar-refractivity contribution in [2.24, 2.45) is 20.9 Å². The van der Waals surface area contributed by atoms with Crippen molar-refractivity contribution in [1.82, 2.24) is 10.2 Å². The average molecular weight is 371 g/mol. The number of aliphatic imine (C=N–C) groups is 3. The zero-order valence-corrected chi connectivity index (χ0v) is 14.1. The van der Waals surface area contributed by atoms with Gasteiger partial charge in [0.2, 0.25) is 5.96 Å². The van der Waals surface area contributed by atoms with Crippen molar-refractivity contribution in [2.45, 2.75) is 44.4 Å². The van der Waals surface area contributed by atoms with Gasteiger partial charge in [-0.1, -0.05) is 13.8 Å². The first kappa shape index (κ1) is 20.1. The van der Waals surface area contributed by atoms with Gasteiger partial charge >= 0.3 is 0 Å². The number of nitrogens with one attached hydrogen (secondary N) is 1. The molecule has 0 aliphatic carbocycles. The lowest BCUT2D eigenvalue weighted by Gasteiger charge is -2.28. The van der Waals surface area contributed by atoms with E-state index in [1.54, 1.807) is 13.8 Å². The van der Waals surface area contributed by atoms with Gasteiger partial charge in [0, 0.05) is 5.92 Å². The van der Waals surface area contributed by atoms with Crippen LogP contribution in [0.25, 0.3) is 0 Å². The van der Waals surface area contributed by atoms with E-state index in [4.69, 9.17) is 4.74 Å². The number of aliphatic hydroxyl groups excluding tert-OH is 3. The highest BCUT2D eigenvalue weighted by atomic mass is 16.6. The molecule has 144 valence electrons. The smallest absolute Gasteiger partial charge is 0.259 e. The Hall–Kier alpha value is -2.25. The Kier molecular flexibility index (Phi) is 5.83. The molecule has 0 spiro atoms. The first-order chi connectivity index (χ1) is 11.8. The molecule has 0 bridgehead atoms. The molecule has 1 saturated heterocycles. The van der Waals surface area contributed by atoms with Gasteiger partial charge in [-0.2, -0.15) is 9.98 Å². The standard InChI is InChI=1S/C14H19N5O6.H2O/c1-5(2)11(23)17-14-16-10-7(12(24)18-14)15-4-19(10)13-9(22)8(21)6(3-20)25-13;/h4-9,13,20-22H,3H2,1-2H3,(H,17,18,23,24);1H2/t6-,7?,8-,9-,13-;/m1./s1. The van der Waals surface area contributed by atoms with E-state index in [-0.39, 0.29) is 23.2 Å². The highest BCUT2D eigenvalue weighted by Crippen LogP contribution is 2.27. The largest absolute Gasteiger partial charge is 0.412 e. The van der Waals surface area contributed by atoms with Crippen molar-refractivity contribution in [3.8, 4) is 0 Å². The fraction of sp³-hybridized carbons (Fsp3) is 0.643. The van der Waals surface area contributed by atoms with Crippen LogP contribution in [0.4, 0.5) is 0 Å². The average Bonchev–Trinajstić information content (AvgIpc) is 3.10. The molecule has 12 heteroatoms. The third-order valence-electron chi connectivity index (χ3n) is 4.05. The highest BCUT2D eigenvalue weighted by Gasteiger charge is 2.49. The van der Waals surface area contributed by atoms with Gasteiger partial charge in [0.1, 0.15) is 18.3 Å². The Morgan fingerprint density at radius 3 is 2.69 bits per heavy atom. The first-order valence-corrected chi connectivity index (χ1v) is 7.79. The fourth-order valence-corrected chi connectivity index (χ4v) is 2.62. The monoisotopic (exact) mass is 371 g/mol. The number of aliphatic hydroxyl groups is 3. The fourth-order valence-electron chi connectivity index (χ4n) is 2.62. The number of carbonyl (C=O) groups is 2. The summed E-state index contributed by atoms with van der Waals surface area (Å²) in [4.78, 5) is 37.1. The van der Waals surface area contributed by atoms with Crippen molar-refractivity contribution in [3.05, 3.63) is 0 Å². The lowest BCUT2D eigenvalue weighted by Crippen LogP contribution is -2.53. The van der Waals surface area contributed by atoms with Crippen LogP contribution < -0.4 is 5.32 Å². The minimum absolute atomic E-state index is 0. The number of carbonyl (C=O) groups excluding carboxylic acids is 2. The van der Waals surface area contributed by atoms with E-state index in [1.807, 2.05) is 0 Å². The molecule has 0 radical (unpaired) electrons. The first-order valence-electron chi connectivity index (χ1n) is 7.79. The Balaban J connectivity index is 0.00000243. The molecule has 1 fully saturated rings. The van der Waals surface area contributed by atoms with Crippen LogP contribution >= 0.6 is 0 Å². The molecule has 26 heavy (non-hydrogen) atoms. The number of amides is 2. The summed E-state index contributed by atoms with van der Waals surface area (Å²) < 4.78 is 5.42. The van der Waals surface area contributed by atoms with Crippen LogP contribution in [0.5, 0.6) is 0 Å². The molecule has 5 atom stereocenters. The van der Waals surface area contributed by atoms with Gasteiger partial charge < -0.3 is 25.5 Å². The van der Waals surface area contributed by atoms with Crippen LogP contribution in [0.2, 0.25) is 0 Å². The predicted octanol–water partition coefficient (Wildman–Crippen LogP) is -3.62. The molecule has 6 N–H and O–H groups in total. The third kappa shape index (κ3) is 3.37. The normalized spacial score (nSPS) is 34.6. The molecule has 12 nitrogen and oxygen atoms in total. The summed E-state index contributed by atoms with van der Waals surface area (Å²) in [7, 11) is 0. The molecular weight excluding hydrogens is 350 g/mol. The van der Waals surface area contributed by atoms with E-state index in [1.165, 1.54) is 11.2 Å². The van der Waals surface area contributed by atoms with Gasteiger partial charge in [-0.05, 0) is 0 Å². The van der Waals surface area contributed by atoms with E-state index in [9.17, 15) is 24.9 Å². The number of hydrogen-bond donors (Lipinski definition) is 4. The van der Waals surface area contributed by atoms with E-state index in [0.29, 0.717) is 0 Å². The summed E-state index contributed by atoms with van der Waals surface area (Å²) >= 11 is 0. The summed E-state index contributed by atoms with van der Waals surface area (Å²) in [6, 6.07) is -0.964. The van der Waals surface area contributed by atoms with Crippen molar-refractivity contribution >= 4 is 29.9 Å². The molecule has 3 aliphatic heterocycles. The van der Waals surface area contributed by atoms with E-state index in [0.717, 1.165) is 0 Å².